The van der Waals surface area contributed by atoms with E-state index in [0.29, 0.717) is 12.5 Å². The smallest absolute Gasteiger partial charge is 0.208 e. The molecule has 0 aliphatic heterocycles. The van der Waals surface area contributed by atoms with Crippen molar-refractivity contribution in [1.82, 2.24) is 10.3 Å². The molecule has 0 aromatic carbocycles. The van der Waals surface area contributed by atoms with Gasteiger partial charge in [0.05, 0.1) is 12.6 Å². The fourth-order valence-electron chi connectivity index (χ4n) is 1.49. The lowest BCUT2D eigenvalue weighted by atomic mass is 10.2. The second kappa shape index (κ2) is 8.35. The molecule has 0 amide bonds. The summed E-state index contributed by atoms with van der Waals surface area (Å²) < 4.78 is 5.14. The van der Waals surface area contributed by atoms with Crippen LogP contribution in [0.2, 0.25) is 0 Å². The Kier molecular flexibility index (Phi) is 7.93. The van der Waals surface area contributed by atoms with Crippen molar-refractivity contribution in [3.63, 3.8) is 0 Å². The summed E-state index contributed by atoms with van der Waals surface area (Å²) in [6, 6.07) is 0.261. The van der Waals surface area contributed by atoms with Crippen LogP contribution in [0.15, 0.2) is 4.99 Å². The van der Waals surface area contributed by atoms with Crippen LogP contribution in [0, 0.1) is 5.92 Å². The molecule has 16 heavy (non-hydrogen) atoms. The minimum atomic E-state index is 0.261. The summed E-state index contributed by atoms with van der Waals surface area (Å²) in [5, 5.41) is 0. The highest BCUT2D eigenvalue weighted by Gasteiger charge is 2.15. The predicted molar refractivity (Wildman–Crippen MR) is 68.2 cm³/mol. The Morgan fingerprint density at radius 3 is 2.44 bits per heavy atom. The van der Waals surface area contributed by atoms with Gasteiger partial charge < -0.3 is 9.64 Å². The van der Waals surface area contributed by atoms with E-state index in [2.05, 4.69) is 43.0 Å². The first-order valence-electron chi connectivity index (χ1n) is 5.83. The normalized spacial score (nSPS) is 14.1. The van der Waals surface area contributed by atoms with Gasteiger partial charge in [0, 0.05) is 20.2 Å². The summed E-state index contributed by atoms with van der Waals surface area (Å²) >= 11 is 0. The number of likely N-dealkylation sites (N-methyl/N-ethyl adjacent to an activating group) is 1. The molecule has 0 aromatic rings. The third-order valence-electron chi connectivity index (χ3n) is 2.29. The minimum absolute atomic E-state index is 0.261. The average Bonchev–Trinajstić information content (AvgIpc) is 2.24. The first-order valence-corrected chi connectivity index (χ1v) is 5.83. The van der Waals surface area contributed by atoms with Gasteiger partial charge in [-0.15, -0.1) is 0 Å². The fraction of sp³-hybridized carbons (Fsp3) is 0.909. The summed E-state index contributed by atoms with van der Waals surface area (Å²) in [7, 11) is 1.70. The Bertz CT molecular complexity index is 206. The van der Waals surface area contributed by atoms with E-state index in [1.807, 2.05) is 0 Å². The van der Waals surface area contributed by atoms with Crippen LogP contribution in [-0.2, 0) is 4.74 Å². The molecule has 0 bridgehead atoms. The topological polar surface area (TPSA) is 62.9 Å². The Morgan fingerprint density at radius 1 is 1.44 bits per heavy atom. The number of ether oxygens (including phenoxy) is 1. The summed E-state index contributed by atoms with van der Waals surface area (Å²) in [6.45, 7) is 10.7. The molecule has 0 saturated heterocycles. The minimum Gasteiger partial charge on any atom is -0.383 e. The molecule has 0 spiro atoms. The molecule has 0 aliphatic carbocycles. The second-order valence-electron chi connectivity index (χ2n) is 4.29. The maximum absolute atomic E-state index is 5.51. The molecule has 0 radical (unpaired) electrons. The lowest BCUT2D eigenvalue weighted by molar-refractivity contribution is 0.136. The van der Waals surface area contributed by atoms with E-state index in [4.69, 9.17) is 10.6 Å². The van der Waals surface area contributed by atoms with Crippen LogP contribution in [0.4, 0.5) is 0 Å². The number of hydrazine groups is 1. The predicted octanol–water partition coefficient (Wildman–Crippen LogP) is 0.819. The molecule has 0 saturated carbocycles. The van der Waals surface area contributed by atoms with Crippen molar-refractivity contribution < 1.29 is 4.74 Å². The van der Waals surface area contributed by atoms with Gasteiger partial charge in [0.2, 0.25) is 5.96 Å². The Hall–Kier alpha value is -0.810. The molecule has 5 heteroatoms. The SMILES string of the molecule is CCN(C(=NCC(C)C)NN)C(C)COC. The van der Waals surface area contributed by atoms with E-state index in [9.17, 15) is 0 Å². The standard InChI is InChI=1S/C11H26N4O/c1-6-15(10(4)8-16-5)11(14-12)13-7-9(2)3/h9-10H,6-8,12H2,1-5H3,(H,13,14). The van der Waals surface area contributed by atoms with Crippen molar-refractivity contribution in [3.05, 3.63) is 0 Å². The van der Waals surface area contributed by atoms with Gasteiger partial charge in [-0.1, -0.05) is 13.8 Å². The van der Waals surface area contributed by atoms with Gasteiger partial charge >= 0.3 is 0 Å². The van der Waals surface area contributed by atoms with Gasteiger partial charge in [0.1, 0.15) is 0 Å². The highest BCUT2D eigenvalue weighted by molar-refractivity contribution is 5.79. The van der Waals surface area contributed by atoms with Crippen molar-refractivity contribution in [2.45, 2.75) is 33.7 Å². The van der Waals surface area contributed by atoms with Gasteiger partial charge in [-0.3, -0.25) is 10.4 Å². The summed E-state index contributed by atoms with van der Waals surface area (Å²) in [6.07, 6.45) is 0. The number of hydrogen-bond donors (Lipinski definition) is 2. The van der Waals surface area contributed by atoms with E-state index in [1.165, 1.54) is 0 Å². The number of aliphatic imine (C=N–C) groups is 1. The third kappa shape index (κ3) is 5.32. The maximum atomic E-state index is 5.51. The Labute approximate surface area is 99.0 Å². The van der Waals surface area contributed by atoms with Gasteiger partial charge in [-0.05, 0) is 19.8 Å². The van der Waals surface area contributed by atoms with Gasteiger partial charge in [-0.2, -0.15) is 0 Å². The number of methoxy groups -OCH3 is 1. The van der Waals surface area contributed by atoms with Crippen LogP contribution in [0.25, 0.3) is 0 Å². The number of hydrogen-bond acceptors (Lipinski definition) is 3. The number of nitrogens with zero attached hydrogens (tertiary/aromatic N) is 2. The van der Waals surface area contributed by atoms with Gasteiger partial charge in [0.25, 0.3) is 0 Å². The molecule has 5 nitrogen and oxygen atoms in total. The average molecular weight is 230 g/mol. The maximum Gasteiger partial charge on any atom is 0.208 e. The summed E-state index contributed by atoms with van der Waals surface area (Å²) in [5.41, 5.74) is 2.67. The van der Waals surface area contributed by atoms with Crippen LogP contribution in [0.1, 0.15) is 27.7 Å². The highest BCUT2D eigenvalue weighted by Crippen LogP contribution is 2.01. The monoisotopic (exact) mass is 230 g/mol. The number of nitrogens with two attached hydrogens (primary N) is 1. The Balaban J connectivity index is 4.54. The van der Waals surface area contributed by atoms with Crippen LogP contribution in [0.5, 0.6) is 0 Å². The molecule has 96 valence electrons. The molecule has 0 aromatic heterocycles. The van der Waals surface area contributed by atoms with E-state index in [-0.39, 0.29) is 6.04 Å². The number of guanidine groups is 1. The van der Waals surface area contributed by atoms with Crippen LogP contribution in [0.3, 0.4) is 0 Å². The summed E-state index contributed by atoms with van der Waals surface area (Å²) in [4.78, 5) is 6.57. The lowest BCUT2D eigenvalue weighted by Gasteiger charge is -2.30. The van der Waals surface area contributed by atoms with Crippen molar-refractivity contribution >= 4 is 5.96 Å². The van der Waals surface area contributed by atoms with E-state index in [1.54, 1.807) is 7.11 Å². The molecular formula is C11H26N4O. The molecule has 0 aliphatic rings. The molecule has 0 rings (SSSR count). The lowest BCUT2D eigenvalue weighted by Crippen LogP contribution is -2.50. The van der Waals surface area contributed by atoms with Crippen molar-refractivity contribution in [2.75, 3.05) is 26.8 Å². The quantitative estimate of drug-likeness (QED) is 0.307. The molecule has 3 N–H and O–H groups in total. The zero-order valence-electron chi connectivity index (χ0n) is 11.2. The molecule has 1 atom stereocenters. The van der Waals surface area contributed by atoms with Crippen LogP contribution >= 0.6 is 0 Å². The number of nitrogens with one attached hydrogen (secondary N) is 1. The fourth-order valence-corrected chi connectivity index (χ4v) is 1.49. The van der Waals surface area contributed by atoms with Gasteiger partial charge in [-0.25, -0.2) is 5.84 Å². The largest absolute Gasteiger partial charge is 0.383 e. The zero-order valence-corrected chi connectivity index (χ0v) is 11.2. The molecule has 0 fully saturated rings. The molecule has 0 heterocycles. The zero-order chi connectivity index (χ0) is 12.6. The van der Waals surface area contributed by atoms with Gasteiger partial charge in [0.15, 0.2) is 0 Å². The van der Waals surface area contributed by atoms with Crippen molar-refractivity contribution in [1.29, 1.82) is 0 Å². The summed E-state index contributed by atoms with van der Waals surface area (Å²) in [5.74, 6) is 6.77. The number of rotatable bonds is 6. The first kappa shape index (κ1) is 15.2. The van der Waals surface area contributed by atoms with E-state index >= 15 is 0 Å². The molecule has 1 unspecified atom stereocenters. The van der Waals surface area contributed by atoms with Crippen molar-refractivity contribution in [3.8, 4) is 0 Å². The Morgan fingerprint density at radius 2 is 2.06 bits per heavy atom. The third-order valence-corrected chi connectivity index (χ3v) is 2.29. The van der Waals surface area contributed by atoms with Crippen LogP contribution in [-0.4, -0.2) is 43.7 Å². The van der Waals surface area contributed by atoms with E-state index < -0.39 is 0 Å². The first-order chi connectivity index (χ1) is 7.56. The van der Waals surface area contributed by atoms with Crippen molar-refractivity contribution in [2.24, 2.45) is 16.8 Å². The van der Waals surface area contributed by atoms with Crippen LogP contribution < -0.4 is 11.3 Å². The molecular weight excluding hydrogens is 204 g/mol. The van der Waals surface area contributed by atoms with E-state index in [0.717, 1.165) is 19.0 Å². The highest BCUT2D eigenvalue weighted by atomic mass is 16.5. The second-order valence-corrected chi connectivity index (χ2v) is 4.29.